The van der Waals surface area contributed by atoms with Gasteiger partial charge in [0, 0.05) is 48.2 Å². The van der Waals surface area contributed by atoms with Crippen molar-refractivity contribution in [1.82, 2.24) is 15.2 Å². The van der Waals surface area contributed by atoms with Crippen molar-refractivity contribution >= 4 is 11.6 Å². The monoisotopic (exact) mass is 333 g/mol. The van der Waals surface area contributed by atoms with E-state index in [1.54, 1.807) is 18.5 Å². The highest BCUT2D eigenvalue weighted by molar-refractivity contribution is 6.09. The number of H-pyrrole nitrogens is 1. The molecule has 6 heteroatoms. The van der Waals surface area contributed by atoms with E-state index in [1.165, 1.54) is 0 Å². The molecular formula is C19H19N5O. The summed E-state index contributed by atoms with van der Waals surface area (Å²) < 4.78 is 0. The van der Waals surface area contributed by atoms with E-state index in [1.807, 2.05) is 36.5 Å². The van der Waals surface area contributed by atoms with E-state index < -0.39 is 0 Å². The smallest absolute Gasteiger partial charge is 0.193 e. The lowest BCUT2D eigenvalue weighted by Gasteiger charge is -2.17. The van der Waals surface area contributed by atoms with Gasteiger partial charge in [0.1, 0.15) is 5.82 Å². The predicted octanol–water partition coefficient (Wildman–Crippen LogP) is 2.24. The van der Waals surface area contributed by atoms with Crippen molar-refractivity contribution in [1.29, 1.82) is 0 Å². The second-order valence-corrected chi connectivity index (χ2v) is 6.29. The predicted molar refractivity (Wildman–Crippen MR) is 96.5 cm³/mol. The number of nitrogens with two attached hydrogens (primary N) is 1. The van der Waals surface area contributed by atoms with E-state index in [2.05, 4.69) is 20.1 Å². The molecular weight excluding hydrogens is 314 g/mol. The summed E-state index contributed by atoms with van der Waals surface area (Å²) in [6.07, 6.45) is 6.22. The van der Waals surface area contributed by atoms with Crippen LogP contribution in [-0.2, 0) is 0 Å². The van der Waals surface area contributed by atoms with Gasteiger partial charge in [-0.2, -0.15) is 5.10 Å². The highest BCUT2D eigenvalue weighted by Gasteiger charge is 2.21. The van der Waals surface area contributed by atoms with Crippen LogP contribution in [0.2, 0.25) is 0 Å². The van der Waals surface area contributed by atoms with Crippen LogP contribution in [0.3, 0.4) is 0 Å². The second-order valence-electron chi connectivity index (χ2n) is 6.29. The number of hydrogen-bond donors (Lipinski definition) is 2. The number of aromatic nitrogens is 3. The van der Waals surface area contributed by atoms with Gasteiger partial charge >= 0.3 is 0 Å². The van der Waals surface area contributed by atoms with E-state index in [9.17, 15) is 4.79 Å². The molecule has 0 saturated carbocycles. The first-order valence-corrected chi connectivity index (χ1v) is 8.31. The molecule has 3 heterocycles. The van der Waals surface area contributed by atoms with Crippen molar-refractivity contribution in [3.63, 3.8) is 0 Å². The van der Waals surface area contributed by atoms with Crippen LogP contribution < -0.4 is 10.6 Å². The molecule has 0 bridgehead atoms. The molecule has 6 nitrogen and oxygen atoms in total. The van der Waals surface area contributed by atoms with E-state index in [-0.39, 0.29) is 11.8 Å². The number of ketones is 1. The van der Waals surface area contributed by atoms with Crippen LogP contribution in [0.1, 0.15) is 22.3 Å². The van der Waals surface area contributed by atoms with Gasteiger partial charge in [0.15, 0.2) is 5.78 Å². The van der Waals surface area contributed by atoms with Gasteiger partial charge in [-0.15, -0.1) is 0 Å². The van der Waals surface area contributed by atoms with Crippen LogP contribution >= 0.6 is 0 Å². The van der Waals surface area contributed by atoms with E-state index >= 15 is 0 Å². The van der Waals surface area contributed by atoms with Gasteiger partial charge in [-0.05, 0) is 24.1 Å². The topological polar surface area (TPSA) is 87.9 Å². The number of carbonyl (C=O) groups excluding carboxylic acids is 1. The molecule has 0 amide bonds. The normalized spacial score (nSPS) is 17.0. The molecule has 0 radical (unpaired) electrons. The van der Waals surface area contributed by atoms with Crippen LogP contribution in [0.15, 0.2) is 55.0 Å². The number of nitrogens with zero attached hydrogens (tertiary/aromatic N) is 3. The minimum atomic E-state index is -0.00844. The Labute approximate surface area is 145 Å². The van der Waals surface area contributed by atoms with Crippen LogP contribution in [0.5, 0.6) is 0 Å². The van der Waals surface area contributed by atoms with Crippen LogP contribution in [0.4, 0.5) is 5.82 Å². The zero-order valence-electron chi connectivity index (χ0n) is 13.7. The first-order chi connectivity index (χ1) is 12.2. The van der Waals surface area contributed by atoms with Gasteiger partial charge in [-0.1, -0.05) is 24.3 Å². The lowest BCUT2D eigenvalue weighted by atomic mass is 10.0. The number of rotatable bonds is 4. The average molecular weight is 333 g/mol. The third kappa shape index (κ3) is 3.16. The largest absolute Gasteiger partial charge is 0.355 e. The Hall–Kier alpha value is -2.99. The standard InChI is InChI=1S/C19H19N5O/c20-17-6-8-24(12-17)18-9-15(5-7-21-18)19(25)14-3-1-13(2-4-14)16-10-22-23-11-16/h1-5,7,9-11,17H,6,8,12,20H2,(H,22,23). The molecule has 1 atom stereocenters. The van der Waals surface area contributed by atoms with E-state index in [0.717, 1.165) is 36.5 Å². The molecule has 1 aliphatic heterocycles. The highest BCUT2D eigenvalue weighted by atomic mass is 16.1. The van der Waals surface area contributed by atoms with E-state index in [4.69, 9.17) is 5.73 Å². The van der Waals surface area contributed by atoms with E-state index in [0.29, 0.717) is 11.1 Å². The molecule has 1 aromatic carbocycles. The Bertz CT molecular complexity index is 873. The molecule has 0 aliphatic carbocycles. The highest BCUT2D eigenvalue weighted by Crippen LogP contribution is 2.22. The van der Waals surface area contributed by atoms with Gasteiger partial charge in [-0.25, -0.2) is 4.98 Å². The van der Waals surface area contributed by atoms with Gasteiger partial charge in [0.05, 0.1) is 6.20 Å². The maximum Gasteiger partial charge on any atom is 0.193 e. The van der Waals surface area contributed by atoms with Gasteiger partial charge < -0.3 is 10.6 Å². The zero-order valence-corrected chi connectivity index (χ0v) is 13.7. The summed E-state index contributed by atoms with van der Waals surface area (Å²) in [6.45, 7) is 1.66. The first-order valence-electron chi connectivity index (χ1n) is 8.31. The third-order valence-electron chi connectivity index (χ3n) is 4.54. The molecule has 1 unspecified atom stereocenters. The Balaban J connectivity index is 1.56. The minimum Gasteiger partial charge on any atom is -0.355 e. The van der Waals surface area contributed by atoms with Crippen LogP contribution in [0.25, 0.3) is 11.1 Å². The number of carbonyl (C=O) groups is 1. The summed E-state index contributed by atoms with van der Waals surface area (Å²) >= 11 is 0. The van der Waals surface area contributed by atoms with Crippen molar-refractivity contribution < 1.29 is 4.79 Å². The van der Waals surface area contributed by atoms with Gasteiger partial charge in [-0.3, -0.25) is 9.89 Å². The van der Waals surface area contributed by atoms with Gasteiger partial charge in [0.25, 0.3) is 0 Å². The molecule has 0 spiro atoms. The van der Waals surface area contributed by atoms with Crippen molar-refractivity contribution in [3.05, 3.63) is 66.1 Å². The number of aromatic amines is 1. The Morgan fingerprint density at radius 2 is 2.00 bits per heavy atom. The lowest BCUT2D eigenvalue weighted by molar-refractivity contribution is 0.103. The molecule has 1 fully saturated rings. The van der Waals surface area contributed by atoms with Gasteiger partial charge in [0.2, 0.25) is 0 Å². The SMILES string of the molecule is NC1CCN(c2cc(C(=O)c3ccc(-c4cn[nH]c4)cc3)ccn2)C1. The number of anilines is 1. The first kappa shape index (κ1) is 15.5. The summed E-state index contributed by atoms with van der Waals surface area (Å²) in [5.74, 6) is 0.805. The third-order valence-corrected chi connectivity index (χ3v) is 4.54. The quantitative estimate of drug-likeness (QED) is 0.715. The maximum atomic E-state index is 12.8. The van der Waals surface area contributed by atoms with Crippen molar-refractivity contribution in [2.24, 2.45) is 5.73 Å². The van der Waals surface area contributed by atoms with Crippen LogP contribution in [-0.4, -0.2) is 40.1 Å². The number of pyridine rings is 1. The summed E-state index contributed by atoms with van der Waals surface area (Å²) in [4.78, 5) is 19.3. The van der Waals surface area contributed by atoms with Crippen molar-refractivity contribution in [2.45, 2.75) is 12.5 Å². The Kier molecular flexibility index (Phi) is 4.03. The van der Waals surface area contributed by atoms with Crippen LogP contribution in [0, 0.1) is 0 Å². The summed E-state index contributed by atoms with van der Waals surface area (Å²) in [5, 5.41) is 6.73. The number of hydrogen-bond acceptors (Lipinski definition) is 5. The van der Waals surface area contributed by atoms with Crippen molar-refractivity contribution in [3.8, 4) is 11.1 Å². The lowest BCUT2D eigenvalue weighted by Crippen LogP contribution is -2.27. The Morgan fingerprint density at radius 1 is 1.16 bits per heavy atom. The zero-order chi connectivity index (χ0) is 17.2. The molecule has 3 N–H and O–H groups in total. The molecule has 1 aliphatic rings. The summed E-state index contributed by atoms with van der Waals surface area (Å²) in [6, 6.07) is 11.3. The van der Waals surface area contributed by atoms with Crippen molar-refractivity contribution in [2.75, 3.05) is 18.0 Å². The summed E-state index contributed by atoms with van der Waals surface area (Å²) in [7, 11) is 0. The molecule has 2 aromatic heterocycles. The summed E-state index contributed by atoms with van der Waals surface area (Å²) in [5.41, 5.74) is 9.27. The molecule has 4 rings (SSSR count). The number of nitrogens with one attached hydrogen (secondary N) is 1. The molecule has 25 heavy (non-hydrogen) atoms. The fraction of sp³-hybridized carbons (Fsp3) is 0.211. The molecule has 1 saturated heterocycles. The number of benzene rings is 1. The molecule has 3 aromatic rings. The minimum absolute atomic E-state index is 0.00844. The second kappa shape index (κ2) is 6.49. The maximum absolute atomic E-state index is 12.8. The molecule has 126 valence electrons. The Morgan fingerprint density at radius 3 is 2.68 bits per heavy atom. The fourth-order valence-electron chi connectivity index (χ4n) is 3.12. The average Bonchev–Trinajstić information content (AvgIpc) is 3.33. The fourth-order valence-corrected chi connectivity index (χ4v) is 3.12.